The van der Waals surface area contributed by atoms with Crippen LogP contribution in [0.5, 0.6) is 11.5 Å². The summed E-state index contributed by atoms with van der Waals surface area (Å²) in [7, 11) is 0. The van der Waals surface area contributed by atoms with Crippen molar-refractivity contribution in [3.05, 3.63) is 66.2 Å². The molecule has 0 heterocycles. The Labute approximate surface area is 130 Å². The van der Waals surface area contributed by atoms with Gasteiger partial charge in [0.15, 0.2) is 0 Å². The summed E-state index contributed by atoms with van der Waals surface area (Å²) in [6.45, 7) is 1.91. The van der Waals surface area contributed by atoms with Crippen LogP contribution in [-0.2, 0) is 4.79 Å². The van der Waals surface area contributed by atoms with E-state index in [0.29, 0.717) is 0 Å². The molecule has 0 aliphatic carbocycles. The van der Waals surface area contributed by atoms with Gasteiger partial charge in [0.05, 0.1) is 0 Å². The lowest BCUT2D eigenvalue weighted by Gasteiger charge is -2.07. The van der Waals surface area contributed by atoms with E-state index in [1.807, 2.05) is 73.7 Å². The number of carbonyl (C=O) groups is 1. The summed E-state index contributed by atoms with van der Waals surface area (Å²) >= 11 is 0. The largest absolute Gasteiger partial charge is 0.457 e. The molecule has 2 N–H and O–H groups in total. The van der Waals surface area contributed by atoms with Crippen LogP contribution in [0.2, 0.25) is 0 Å². The zero-order chi connectivity index (χ0) is 15.8. The topological polar surface area (TPSA) is 58.6 Å². The van der Waals surface area contributed by atoms with E-state index >= 15 is 0 Å². The van der Waals surface area contributed by atoms with E-state index in [-0.39, 0.29) is 12.3 Å². The third-order valence-electron chi connectivity index (χ3n) is 3.09. The molecule has 0 aromatic heterocycles. The second-order valence-electron chi connectivity index (χ2n) is 5.06. The fourth-order valence-corrected chi connectivity index (χ4v) is 1.99. The summed E-state index contributed by atoms with van der Waals surface area (Å²) in [4.78, 5) is 11.1. The van der Waals surface area contributed by atoms with Crippen LogP contribution in [0.1, 0.15) is 18.9 Å². The predicted molar refractivity (Wildman–Crippen MR) is 85.7 cm³/mol. The molecule has 1 unspecified atom stereocenters. The number of rotatable bonds is 6. The number of benzene rings is 2. The summed E-state index contributed by atoms with van der Waals surface area (Å²) in [5.41, 5.74) is 2.63. The van der Waals surface area contributed by atoms with E-state index in [0.717, 1.165) is 17.1 Å². The maximum absolute atomic E-state index is 11.1. The van der Waals surface area contributed by atoms with Crippen LogP contribution >= 0.6 is 0 Å². The smallest absolute Gasteiger partial charge is 0.243 e. The third-order valence-corrected chi connectivity index (χ3v) is 3.09. The first-order chi connectivity index (χ1) is 10.7. The molecule has 1 amide bonds. The molecule has 1 atom stereocenters. The maximum atomic E-state index is 11.1. The maximum Gasteiger partial charge on any atom is 0.243 e. The first-order valence-corrected chi connectivity index (χ1v) is 7.11. The molecule has 2 aromatic rings. The summed E-state index contributed by atoms with van der Waals surface area (Å²) < 4.78 is 5.78. The van der Waals surface area contributed by atoms with Crippen LogP contribution in [0, 0.1) is 5.92 Å². The number of hydrogen-bond acceptors (Lipinski definition) is 3. The van der Waals surface area contributed by atoms with Gasteiger partial charge in [-0.2, -0.15) is 0 Å². The quantitative estimate of drug-likeness (QED) is 0.625. The van der Waals surface area contributed by atoms with Crippen molar-refractivity contribution in [2.24, 2.45) is 5.92 Å². The molecule has 0 bridgehead atoms. The molecule has 4 nitrogen and oxygen atoms in total. The highest BCUT2D eigenvalue weighted by Gasteiger charge is 2.04. The van der Waals surface area contributed by atoms with Crippen molar-refractivity contribution in [1.29, 1.82) is 0 Å². The van der Waals surface area contributed by atoms with Gasteiger partial charge in [-0.25, -0.2) is 5.48 Å². The van der Waals surface area contributed by atoms with Crippen LogP contribution in [0.4, 0.5) is 0 Å². The summed E-state index contributed by atoms with van der Waals surface area (Å²) in [6, 6.07) is 17.3. The molecule has 0 aliphatic rings. The van der Waals surface area contributed by atoms with Crippen LogP contribution < -0.4 is 10.2 Å². The molecular weight excluding hydrogens is 278 g/mol. The Bertz CT molecular complexity index is 638. The number of amides is 1. The number of nitrogens with one attached hydrogen (secondary N) is 1. The zero-order valence-electron chi connectivity index (χ0n) is 12.4. The third kappa shape index (κ3) is 5.07. The van der Waals surface area contributed by atoms with E-state index in [1.165, 1.54) is 0 Å². The molecule has 2 aromatic carbocycles. The number of ether oxygens (including phenoxy) is 1. The molecule has 0 spiro atoms. The van der Waals surface area contributed by atoms with Crippen molar-refractivity contribution < 1.29 is 14.7 Å². The fourth-order valence-electron chi connectivity index (χ4n) is 1.99. The predicted octanol–water partition coefficient (Wildman–Crippen LogP) is 4.02. The minimum absolute atomic E-state index is 0.0332. The lowest BCUT2D eigenvalue weighted by Crippen LogP contribution is -2.20. The number of carbonyl (C=O) groups excluding carboxylic acids is 1. The van der Waals surface area contributed by atoms with Gasteiger partial charge in [0.25, 0.3) is 0 Å². The molecule has 0 aliphatic heterocycles. The van der Waals surface area contributed by atoms with Gasteiger partial charge in [-0.15, -0.1) is 0 Å². The van der Waals surface area contributed by atoms with Crippen molar-refractivity contribution >= 4 is 12.0 Å². The SMILES string of the molecule is CC(/C=C/c1cccc(Oc2ccccc2)c1)CC(=O)NO. The lowest BCUT2D eigenvalue weighted by molar-refractivity contribution is -0.129. The first kappa shape index (κ1) is 15.8. The van der Waals surface area contributed by atoms with E-state index in [2.05, 4.69) is 0 Å². The Morgan fingerprint density at radius 2 is 1.91 bits per heavy atom. The molecule has 0 saturated carbocycles. The average Bonchev–Trinajstić information content (AvgIpc) is 2.54. The van der Waals surface area contributed by atoms with Crippen LogP contribution in [-0.4, -0.2) is 11.1 Å². The Kier molecular flexibility index (Phi) is 5.74. The number of hydroxylamine groups is 1. The molecule has 22 heavy (non-hydrogen) atoms. The van der Waals surface area contributed by atoms with Gasteiger partial charge >= 0.3 is 0 Å². The van der Waals surface area contributed by atoms with Crippen LogP contribution in [0.3, 0.4) is 0 Å². The average molecular weight is 297 g/mol. The summed E-state index contributed by atoms with van der Waals surface area (Å²) in [6.07, 6.45) is 4.11. The van der Waals surface area contributed by atoms with Crippen molar-refractivity contribution in [1.82, 2.24) is 5.48 Å². The molecule has 114 valence electrons. The van der Waals surface area contributed by atoms with Gasteiger partial charge in [-0.1, -0.05) is 49.4 Å². The minimum Gasteiger partial charge on any atom is -0.457 e. The fraction of sp³-hybridized carbons (Fsp3) is 0.167. The van der Waals surface area contributed by atoms with Crippen LogP contribution in [0.25, 0.3) is 6.08 Å². The zero-order valence-corrected chi connectivity index (χ0v) is 12.4. The van der Waals surface area contributed by atoms with E-state index < -0.39 is 5.91 Å². The van der Waals surface area contributed by atoms with Crippen molar-refractivity contribution in [2.45, 2.75) is 13.3 Å². The lowest BCUT2D eigenvalue weighted by atomic mass is 10.1. The highest BCUT2D eigenvalue weighted by molar-refractivity contribution is 5.75. The second kappa shape index (κ2) is 8.00. The number of allylic oxidation sites excluding steroid dienone is 1. The molecule has 0 saturated heterocycles. The molecule has 4 heteroatoms. The minimum atomic E-state index is -0.390. The van der Waals surface area contributed by atoms with Gasteiger partial charge in [0.2, 0.25) is 5.91 Å². The van der Waals surface area contributed by atoms with Gasteiger partial charge in [0.1, 0.15) is 11.5 Å². The van der Waals surface area contributed by atoms with Crippen molar-refractivity contribution in [3.8, 4) is 11.5 Å². The van der Waals surface area contributed by atoms with E-state index in [4.69, 9.17) is 9.94 Å². The number of hydrogen-bond donors (Lipinski definition) is 2. The van der Waals surface area contributed by atoms with E-state index in [1.54, 1.807) is 5.48 Å². The number of para-hydroxylation sites is 1. The highest BCUT2D eigenvalue weighted by atomic mass is 16.5. The summed E-state index contributed by atoms with van der Waals surface area (Å²) in [5.74, 6) is 1.19. The van der Waals surface area contributed by atoms with E-state index in [9.17, 15) is 4.79 Å². The van der Waals surface area contributed by atoms with Gasteiger partial charge < -0.3 is 4.74 Å². The van der Waals surface area contributed by atoms with Crippen LogP contribution in [0.15, 0.2) is 60.7 Å². The van der Waals surface area contributed by atoms with Crippen molar-refractivity contribution in [2.75, 3.05) is 0 Å². The van der Waals surface area contributed by atoms with Crippen molar-refractivity contribution in [3.63, 3.8) is 0 Å². The molecule has 2 rings (SSSR count). The van der Waals surface area contributed by atoms with Gasteiger partial charge in [-0.3, -0.25) is 10.0 Å². The molecular formula is C18H19NO3. The Balaban J connectivity index is 2.00. The molecule has 0 radical (unpaired) electrons. The standard InChI is InChI=1S/C18H19NO3/c1-14(12-18(20)19-21)10-11-15-6-5-9-17(13-15)22-16-7-3-2-4-8-16/h2-11,13-14,21H,12H2,1H3,(H,19,20)/b11-10+. The highest BCUT2D eigenvalue weighted by Crippen LogP contribution is 2.22. The monoisotopic (exact) mass is 297 g/mol. The normalized spacial score (nSPS) is 12.1. The Hall–Kier alpha value is -2.59. The van der Waals surface area contributed by atoms with Gasteiger partial charge in [-0.05, 0) is 35.7 Å². The first-order valence-electron chi connectivity index (χ1n) is 7.11. The second-order valence-corrected chi connectivity index (χ2v) is 5.06. The summed E-state index contributed by atoms with van der Waals surface area (Å²) in [5, 5.41) is 8.51. The Morgan fingerprint density at radius 3 is 2.64 bits per heavy atom. The Morgan fingerprint density at radius 1 is 1.18 bits per heavy atom. The molecule has 0 fully saturated rings. The van der Waals surface area contributed by atoms with Gasteiger partial charge in [0, 0.05) is 6.42 Å².